The molecule has 0 saturated heterocycles. The number of carbonyl (C=O) groups excluding carboxylic acids is 2. The molecule has 0 fully saturated rings. The molecular formula is C10H4N2O6-2. The molecule has 0 radical (unpaired) electrons. The van der Waals surface area contributed by atoms with Crippen molar-refractivity contribution >= 4 is 17.6 Å². The minimum atomic E-state index is -2.27. The summed E-state index contributed by atoms with van der Waals surface area (Å²) in [6.07, 6.45) is 0. The molecule has 1 aromatic rings. The number of carboxylic acids is 2. The van der Waals surface area contributed by atoms with Gasteiger partial charge in [-0.15, -0.1) is 0 Å². The number of benzene rings is 1. The van der Waals surface area contributed by atoms with E-state index in [9.17, 15) is 29.9 Å². The number of aliphatic carboxylic acids is 2. The monoisotopic (exact) mass is 248 g/mol. The SMILES string of the molecule is N#Cc1ccc(C(C(=O)[O-])C(=O)[O-])c([N+](=O)[O-])c1. The zero-order valence-corrected chi connectivity index (χ0v) is 8.65. The topological polar surface area (TPSA) is 147 Å². The van der Waals surface area contributed by atoms with Crippen molar-refractivity contribution in [2.24, 2.45) is 0 Å². The van der Waals surface area contributed by atoms with Crippen molar-refractivity contribution in [1.82, 2.24) is 0 Å². The summed E-state index contributed by atoms with van der Waals surface area (Å²) in [5.74, 6) is -6.32. The zero-order chi connectivity index (χ0) is 13.9. The highest BCUT2D eigenvalue weighted by atomic mass is 16.6. The Balaban J connectivity index is 3.48. The second-order valence-electron chi connectivity index (χ2n) is 3.21. The average molecular weight is 248 g/mol. The van der Waals surface area contributed by atoms with Crippen LogP contribution in [0, 0.1) is 21.4 Å². The molecule has 8 nitrogen and oxygen atoms in total. The van der Waals surface area contributed by atoms with Crippen molar-refractivity contribution in [2.75, 3.05) is 0 Å². The van der Waals surface area contributed by atoms with E-state index in [1.807, 2.05) is 0 Å². The number of nitriles is 1. The Morgan fingerprint density at radius 3 is 2.22 bits per heavy atom. The lowest BCUT2D eigenvalue weighted by Gasteiger charge is -2.19. The molecule has 8 heteroatoms. The highest BCUT2D eigenvalue weighted by Gasteiger charge is 2.24. The Labute approximate surface area is 99.8 Å². The van der Waals surface area contributed by atoms with Gasteiger partial charge in [0.1, 0.15) is 0 Å². The quantitative estimate of drug-likeness (QED) is 0.341. The minimum Gasteiger partial charge on any atom is -0.549 e. The zero-order valence-electron chi connectivity index (χ0n) is 8.65. The van der Waals surface area contributed by atoms with Crippen LogP contribution >= 0.6 is 0 Å². The van der Waals surface area contributed by atoms with Crippen LogP contribution < -0.4 is 10.2 Å². The molecule has 0 aliphatic carbocycles. The number of rotatable bonds is 4. The number of hydrogen-bond acceptors (Lipinski definition) is 7. The first-order chi connectivity index (χ1) is 8.38. The largest absolute Gasteiger partial charge is 0.549 e. The number of nitro groups is 1. The molecule has 0 aliphatic heterocycles. The lowest BCUT2D eigenvalue weighted by atomic mass is 9.96. The molecule has 0 N–H and O–H groups in total. The second-order valence-corrected chi connectivity index (χ2v) is 3.21. The normalized spacial score (nSPS) is 9.78. The predicted octanol–water partition coefficient (Wildman–Crippen LogP) is -1.95. The number of carboxylic acid groups (broad SMARTS) is 2. The summed E-state index contributed by atoms with van der Waals surface area (Å²) in [4.78, 5) is 31.0. The lowest BCUT2D eigenvalue weighted by Crippen LogP contribution is -2.41. The van der Waals surface area contributed by atoms with Gasteiger partial charge in [0.25, 0.3) is 5.69 Å². The van der Waals surface area contributed by atoms with Crippen LogP contribution in [0.1, 0.15) is 17.0 Å². The van der Waals surface area contributed by atoms with Gasteiger partial charge >= 0.3 is 0 Å². The van der Waals surface area contributed by atoms with E-state index in [0.29, 0.717) is 0 Å². The van der Waals surface area contributed by atoms with Crippen molar-refractivity contribution < 1.29 is 24.7 Å². The summed E-state index contributed by atoms with van der Waals surface area (Å²) < 4.78 is 0. The molecular weight excluding hydrogens is 244 g/mol. The van der Waals surface area contributed by atoms with Crippen molar-refractivity contribution in [2.45, 2.75) is 5.92 Å². The smallest absolute Gasteiger partial charge is 0.274 e. The van der Waals surface area contributed by atoms with Gasteiger partial charge < -0.3 is 19.8 Å². The molecule has 0 unspecified atom stereocenters. The number of nitrogens with zero attached hydrogens (tertiary/aromatic N) is 2. The van der Waals surface area contributed by atoms with E-state index in [0.717, 1.165) is 18.2 Å². The number of nitro benzene ring substituents is 1. The van der Waals surface area contributed by atoms with Crippen LogP contribution in [0.2, 0.25) is 0 Å². The molecule has 0 atom stereocenters. The van der Waals surface area contributed by atoms with Crippen molar-refractivity contribution in [3.8, 4) is 6.07 Å². The van der Waals surface area contributed by atoms with Crippen LogP contribution in [0.3, 0.4) is 0 Å². The van der Waals surface area contributed by atoms with Crippen LogP contribution in [0.25, 0.3) is 0 Å². The third kappa shape index (κ3) is 2.41. The van der Waals surface area contributed by atoms with Gasteiger partial charge in [-0.25, -0.2) is 0 Å². The van der Waals surface area contributed by atoms with E-state index >= 15 is 0 Å². The Morgan fingerprint density at radius 2 is 1.83 bits per heavy atom. The van der Waals surface area contributed by atoms with Gasteiger partial charge in [-0.2, -0.15) is 5.26 Å². The lowest BCUT2D eigenvalue weighted by molar-refractivity contribution is -0.386. The third-order valence-electron chi connectivity index (χ3n) is 2.14. The van der Waals surface area contributed by atoms with Crippen LogP contribution in [0.15, 0.2) is 18.2 Å². The summed E-state index contributed by atoms with van der Waals surface area (Å²) in [7, 11) is 0. The third-order valence-corrected chi connectivity index (χ3v) is 2.14. The van der Waals surface area contributed by atoms with E-state index < -0.39 is 34.0 Å². The van der Waals surface area contributed by atoms with Crippen LogP contribution in [-0.4, -0.2) is 16.9 Å². The Kier molecular flexibility index (Phi) is 3.59. The van der Waals surface area contributed by atoms with E-state index in [4.69, 9.17) is 5.26 Å². The fourth-order valence-electron chi connectivity index (χ4n) is 1.37. The summed E-state index contributed by atoms with van der Waals surface area (Å²) in [5.41, 5.74) is -1.48. The molecule has 1 rings (SSSR count). The molecule has 0 amide bonds. The van der Waals surface area contributed by atoms with Crippen molar-refractivity contribution in [3.63, 3.8) is 0 Å². The minimum absolute atomic E-state index is 0.0964. The Hall–Kier alpha value is -2.95. The van der Waals surface area contributed by atoms with Crippen LogP contribution in [0.5, 0.6) is 0 Å². The molecule has 92 valence electrons. The number of carbonyl (C=O) groups is 2. The maximum absolute atomic E-state index is 10.7. The van der Waals surface area contributed by atoms with Crippen molar-refractivity contribution in [1.29, 1.82) is 5.26 Å². The fourth-order valence-corrected chi connectivity index (χ4v) is 1.37. The summed E-state index contributed by atoms with van der Waals surface area (Å²) in [5, 5.41) is 40.6. The summed E-state index contributed by atoms with van der Waals surface area (Å²) in [6, 6.07) is 4.35. The van der Waals surface area contributed by atoms with Crippen LogP contribution in [-0.2, 0) is 9.59 Å². The highest BCUT2D eigenvalue weighted by Crippen LogP contribution is 2.27. The summed E-state index contributed by atoms with van der Waals surface area (Å²) in [6.45, 7) is 0. The van der Waals surface area contributed by atoms with Gasteiger partial charge in [-0.1, -0.05) is 0 Å². The van der Waals surface area contributed by atoms with E-state index in [-0.39, 0.29) is 5.56 Å². The first kappa shape index (κ1) is 13.1. The Morgan fingerprint density at radius 1 is 1.28 bits per heavy atom. The van der Waals surface area contributed by atoms with Gasteiger partial charge in [-0.3, -0.25) is 10.1 Å². The molecule has 0 aromatic heterocycles. The average Bonchev–Trinajstić information content (AvgIpc) is 2.28. The van der Waals surface area contributed by atoms with E-state index in [1.54, 1.807) is 6.07 Å². The summed E-state index contributed by atoms with van der Waals surface area (Å²) >= 11 is 0. The molecule has 0 heterocycles. The molecule has 0 bridgehead atoms. The van der Waals surface area contributed by atoms with Gasteiger partial charge in [0, 0.05) is 11.6 Å². The first-order valence-electron chi connectivity index (χ1n) is 4.48. The van der Waals surface area contributed by atoms with Gasteiger partial charge in [0.2, 0.25) is 0 Å². The first-order valence-corrected chi connectivity index (χ1v) is 4.48. The fraction of sp³-hybridized carbons (Fsp3) is 0.100. The maximum atomic E-state index is 10.7. The molecule has 0 aliphatic rings. The standard InChI is InChI=1S/C10H6N2O6/c11-4-5-1-2-6(7(3-5)12(17)18)8(9(13)14)10(15)16/h1-3,8H,(H,13,14)(H,15,16)/p-2. The van der Waals surface area contributed by atoms with Crippen LogP contribution in [0.4, 0.5) is 5.69 Å². The van der Waals surface area contributed by atoms with Gasteiger partial charge in [-0.05, 0) is 12.1 Å². The molecule has 0 saturated carbocycles. The maximum Gasteiger partial charge on any atom is 0.274 e. The molecule has 0 spiro atoms. The highest BCUT2D eigenvalue weighted by molar-refractivity contribution is 5.98. The van der Waals surface area contributed by atoms with E-state index in [1.165, 1.54) is 0 Å². The van der Waals surface area contributed by atoms with Gasteiger partial charge in [0.15, 0.2) is 0 Å². The molecule has 1 aromatic carbocycles. The second kappa shape index (κ2) is 4.92. The number of hydrogen-bond donors (Lipinski definition) is 0. The molecule has 18 heavy (non-hydrogen) atoms. The van der Waals surface area contributed by atoms with Gasteiger partial charge in [0.05, 0.1) is 34.4 Å². The van der Waals surface area contributed by atoms with E-state index in [2.05, 4.69) is 0 Å². The Bertz CT molecular complexity index is 560. The van der Waals surface area contributed by atoms with Crippen molar-refractivity contribution in [3.05, 3.63) is 39.4 Å². The predicted molar refractivity (Wildman–Crippen MR) is 50.6 cm³/mol.